The van der Waals surface area contributed by atoms with Crippen LogP contribution in [0.25, 0.3) is 10.2 Å². The summed E-state index contributed by atoms with van der Waals surface area (Å²) in [7, 11) is 0. The first-order chi connectivity index (χ1) is 5.81. The Bertz CT molecular complexity index is 437. The average Bonchev–Trinajstić information content (AvgIpc) is 2.50. The van der Waals surface area contributed by atoms with Crippen LogP contribution in [0.1, 0.15) is 5.82 Å². The number of aryl methyl sites for hydroxylation is 1. The minimum absolute atomic E-state index is 0.243. The number of aromatic nitrogens is 2. The third kappa shape index (κ3) is 0.984. The van der Waals surface area contributed by atoms with Gasteiger partial charge in [-0.2, -0.15) is 0 Å². The fourth-order valence-electron chi connectivity index (χ4n) is 1.02. The van der Waals surface area contributed by atoms with Crippen molar-refractivity contribution >= 4 is 27.4 Å². The Morgan fingerprint density at radius 2 is 2.33 bits per heavy atom. The highest BCUT2D eigenvalue weighted by Gasteiger charge is 2.06. The van der Waals surface area contributed by atoms with Gasteiger partial charge in [0, 0.05) is 0 Å². The molecule has 0 aliphatic heterocycles. The maximum Gasteiger partial charge on any atom is 0.217 e. The van der Waals surface area contributed by atoms with Gasteiger partial charge in [0.25, 0.3) is 0 Å². The van der Waals surface area contributed by atoms with E-state index in [1.807, 2.05) is 11.4 Å². The molecule has 0 N–H and O–H groups in total. The number of rotatable bonds is 1. The largest absolute Gasteiger partial charge is 0.232 e. The Morgan fingerprint density at radius 3 is 3.08 bits per heavy atom. The molecule has 0 aliphatic rings. The quantitative estimate of drug-likeness (QED) is 0.631. The highest BCUT2D eigenvalue weighted by molar-refractivity contribution is 7.17. The molecule has 0 aromatic carbocycles. The second-order valence-corrected chi connectivity index (χ2v) is 3.24. The molecule has 0 saturated heterocycles. The molecule has 5 heteroatoms. The summed E-state index contributed by atoms with van der Waals surface area (Å²) < 4.78 is 0.760. The highest BCUT2D eigenvalue weighted by Crippen LogP contribution is 2.27. The van der Waals surface area contributed by atoms with Crippen molar-refractivity contribution in [3.05, 3.63) is 22.2 Å². The van der Waals surface area contributed by atoms with Crippen molar-refractivity contribution in [2.45, 2.75) is 6.92 Å². The molecule has 60 valence electrons. The van der Waals surface area contributed by atoms with Crippen molar-refractivity contribution in [3.8, 4) is 0 Å². The van der Waals surface area contributed by atoms with Gasteiger partial charge in [0.05, 0.1) is 5.52 Å². The van der Waals surface area contributed by atoms with E-state index >= 15 is 0 Å². The van der Waals surface area contributed by atoms with E-state index in [1.54, 1.807) is 6.92 Å². The maximum atomic E-state index is 10.3. The average molecular weight is 179 g/mol. The topological polar surface area (TPSA) is 55.2 Å². The molecule has 2 heterocycles. The molecule has 12 heavy (non-hydrogen) atoms. The Kier molecular flexibility index (Phi) is 1.58. The van der Waals surface area contributed by atoms with Gasteiger partial charge in [-0.05, 0) is 23.5 Å². The summed E-state index contributed by atoms with van der Waals surface area (Å²) >= 11 is 1.43. The number of nitroso groups, excluding NO2 is 1. The van der Waals surface area contributed by atoms with Crippen molar-refractivity contribution in [1.29, 1.82) is 0 Å². The van der Waals surface area contributed by atoms with Gasteiger partial charge in [-0.15, -0.1) is 16.2 Å². The number of fused-ring (bicyclic) bond motifs is 1. The predicted molar refractivity (Wildman–Crippen MR) is 47.6 cm³/mol. The van der Waals surface area contributed by atoms with E-state index in [4.69, 9.17) is 0 Å². The van der Waals surface area contributed by atoms with Crippen LogP contribution in [-0.2, 0) is 0 Å². The molecule has 2 aromatic heterocycles. The highest BCUT2D eigenvalue weighted by atomic mass is 32.1. The first-order valence-electron chi connectivity index (χ1n) is 3.36. The van der Waals surface area contributed by atoms with Gasteiger partial charge in [-0.3, -0.25) is 0 Å². The van der Waals surface area contributed by atoms with Crippen LogP contribution in [0.3, 0.4) is 0 Å². The van der Waals surface area contributed by atoms with Crippen molar-refractivity contribution in [1.82, 2.24) is 9.97 Å². The zero-order chi connectivity index (χ0) is 8.55. The molecule has 4 nitrogen and oxygen atoms in total. The molecular weight excluding hydrogens is 174 g/mol. The van der Waals surface area contributed by atoms with E-state index in [0.29, 0.717) is 5.82 Å². The molecule has 2 aromatic rings. The lowest BCUT2D eigenvalue weighted by atomic mass is 10.4. The van der Waals surface area contributed by atoms with Gasteiger partial charge in [0.1, 0.15) is 10.5 Å². The minimum atomic E-state index is 0.243. The van der Waals surface area contributed by atoms with E-state index in [9.17, 15) is 4.91 Å². The molecule has 0 spiro atoms. The molecule has 0 unspecified atom stereocenters. The third-order valence-corrected chi connectivity index (χ3v) is 2.38. The van der Waals surface area contributed by atoms with Crippen LogP contribution in [0, 0.1) is 11.8 Å². The van der Waals surface area contributed by atoms with E-state index in [2.05, 4.69) is 15.1 Å². The maximum absolute atomic E-state index is 10.3. The van der Waals surface area contributed by atoms with Gasteiger partial charge in [-0.25, -0.2) is 9.97 Å². The Balaban J connectivity index is 2.88. The van der Waals surface area contributed by atoms with Crippen molar-refractivity contribution in [3.63, 3.8) is 0 Å². The molecule has 0 bridgehead atoms. The number of nitrogens with zero attached hydrogens (tertiary/aromatic N) is 3. The van der Waals surface area contributed by atoms with E-state index in [1.165, 1.54) is 11.3 Å². The number of hydrogen-bond donors (Lipinski definition) is 0. The molecular formula is C7H5N3OS. The van der Waals surface area contributed by atoms with Crippen molar-refractivity contribution in [2.24, 2.45) is 5.18 Å². The van der Waals surface area contributed by atoms with Crippen LogP contribution < -0.4 is 0 Å². The molecule has 0 atom stereocenters. The summed E-state index contributed by atoms with van der Waals surface area (Å²) in [6.45, 7) is 1.74. The molecule has 0 radical (unpaired) electrons. The lowest BCUT2D eigenvalue weighted by molar-refractivity contribution is 1.09. The molecule has 0 amide bonds. The first kappa shape index (κ1) is 7.30. The molecule has 0 fully saturated rings. The van der Waals surface area contributed by atoms with Crippen LogP contribution in [-0.4, -0.2) is 9.97 Å². The smallest absolute Gasteiger partial charge is 0.217 e. The SMILES string of the molecule is Cc1nc(N=O)c2sccc2n1. The van der Waals surface area contributed by atoms with E-state index < -0.39 is 0 Å². The van der Waals surface area contributed by atoms with Gasteiger partial charge in [0.15, 0.2) is 0 Å². The Hall–Kier alpha value is -1.36. The van der Waals surface area contributed by atoms with Crippen LogP contribution in [0.2, 0.25) is 0 Å². The second-order valence-electron chi connectivity index (χ2n) is 2.32. The van der Waals surface area contributed by atoms with Crippen LogP contribution in [0.4, 0.5) is 5.82 Å². The van der Waals surface area contributed by atoms with E-state index in [-0.39, 0.29) is 5.82 Å². The Labute approximate surface area is 72.3 Å². The van der Waals surface area contributed by atoms with Crippen LogP contribution in [0.5, 0.6) is 0 Å². The summed E-state index contributed by atoms with van der Waals surface area (Å²) in [5.74, 6) is 0.822. The van der Waals surface area contributed by atoms with Gasteiger partial charge >= 0.3 is 0 Å². The normalized spacial score (nSPS) is 10.4. The lowest BCUT2D eigenvalue weighted by Gasteiger charge is -1.93. The predicted octanol–water partition coefficient (Wildman–Crippen LogP) is 2.40. The van der Waals surface area contributed by atoms with Gasteiger partial charge in [-0.1, -0.05) is 0 Å². The first-order valence-corrected chi connectivity index (χ1v) is 4.24. The summed E-state index contributed by atoms with van der Waals surface area (Å²) in [4.78, 5) is 18.4. The van der Waals surface area contributed by atoms with E-state index in [0.717, 1.165) is 10.2 Å². The van der Waals surface area contributed by atoms with Crippen LogP contribution >= 0.6 is 11.3 Å². The molecule has 0 saturated carbocycles. The summed E-state index contributed by atoms with van der Waals surface area (Å²) in [5.41, 5.74) is 0.794. The van der Waals surface area contributed by atoms with Crippen LogP contribution in [0.15, 0.2) is 16.6 Å². The van der Waals surface area contributed by atoms with Crippen molar-refractivity contribution < 1.29 is 0 Å². The lowest BCUT2D eigenvalue weighted by Crippen LogP contribution is -1.85. The van der Waals surface area contributed by atoms with Gasteiger partial charge < -0.3 is 0 Å². The second kappa shape index (κ2) is 2.60. The standard InChI is InChI=1S/C7H5N3OS/c1-4-8-5-2-3-12-6(5)7(9-4)10-11/h2-3H,1H3. The monoisotopic (exact) mass is 179 g/mol. The van der Waals surface area contributed by atoms with Crippen molar-refractivity contribution in [2.75, 3.05) is 0 Å². The van der Waals surface area contributed by atoms with Gasteiger partial charge in [0.2, 0.25) is 5.82 Å². The number of hydrogen-bond acceptors (Lipinski definition) is 5. The third-order valence-electron chi connectivity index (χ3n) is 1.48. The fraction of sp³-hybridized carbons (Fsp3) is 0.143. The summed E-state index contributed by atoms with van der Waals surface area (Å²) in [6, 6.07) is 1.85. The summed E-state index contributed by atoms with van der Waals surface area (Å²) in [5, 5.41) is 4.71. The number of thiophene rings is 1. The fourth-order valence-corrected chi connectivity index (χ4v) is 1.78. The zero-order valence-corrected chi connectivity index (χ0v) is 7.13. The summed E-state index contributed by atoms with van der Waals surface area (Å²) in [6.07, 6.45) is 0. The molecule has 2 rings (SSSR count). The molecule has 0 aliphatic carbocycles. The minimum Gasteiger partial charge on any atom is -0.232 e. The Morgan fingerprint density at radius 1 is 1.50 bits per heavy atom. The zero-order valence-electron chi connectivity index (χ0n) is 6.31.